The smallest absolute Gasteiger partial charge is 0.270 e. The highest BCUT2D eigenvalue weighted by atomic mass is 32.2. The zero-order chi connectivity index (χ0) is 23.4. The van der Waals surface area contributed by atoms with Crippen molar-refractivity contribution in [2.24, 2.45) is 4.99 Å². The van der Waals surface area contributed by atoms with E-state index in [9.17, 15) is 23.3 Å². The second-order valence-corrected chi connectivity index (χ2v) is 9.44. The van der Waals surface area contributed by atoms with Gasteiger partial charge < -0.3 is 9.88 Å². The van der Waals surface area contributed by atoms with Crippen LogP contribution in [-0.4, -0.2) is 36.2 Å². The lowest BCUT2D eigenvalue weighted by atomic mass is 10.2. The van der Waals surface area contributed by atoms with E-state index in [4.69, 9.17) is 0 Å². The molecule has 3 aromatic rings. The van der Waals surface area contributed by atoms with E-state index >= 15 is 0 Å². The number of carbonyl (C=O) groups is 1. The summed E-state index contributed by atoms with van der Waals surface area (Å²) < 4.78 is 29.5. The molecule has 2 aromatic carbocycles. The maximum absolute atomic E-state index is 12.6. The van der Waals surface area contributed by atoms with Crippen molar-refractivity contribution in [1.82, 2.24) is 9.29 Å². The number of benzene rings is 2. The Morgan fingerprint density at radius 2 is 1.88 bits per heavy atom. The summed E-state index contributed by atoms with van der Waals surface area (Å²) in [5.74, 6) is 0.168. The number of fused-ring (bicyclic) bond motifs is 1. The zero-order valence-electron chi connectivity index (χ0n) is 17.7. The van der Waals surface area contributed by atoms with E-state index < -0.39 is 14.9 Å². The minimum atomic E-state index is -3.74. The third kappa shape index (κ3) is 5.37. The van der Waals surface area contributed by atoms with Crippen molar-refractivity contribution < 1.29 is 18.1 Å². The second kappa shape index (κ2) is 9.41. The van der Waals surface area contributed by atoms with Gasteiger partial charge in [0, 0.05) is 47.9 Å². The Labute approximate surface area is 190 Å². The molecule has 1 amide bonds. The van der Waals surface area contributed by atoms with Gasteiger partial charge in [0.15, 0.2) is 0 Å². The number of aromatic nitrogens is 1. The number of anilines is 1. The van der Waals surface area contributed by atoms with E-state index in [1.165, 1.54) is 36.4 Å². The quantitative estimate of drug-likeness (QED) is 0.421. The van der Waals surface area contributed by atoms with Crippen LogP contribution in [0.5, 0.6) is 0 Å². The fourth-order valence-electron chi connectivity index (χ4n) is 3.68. The molecule has 2 heterocycles. The summed E-state index contributed by atoms with van der Waals surface area (Å²) in [4.78, 5) is 27.3. The number of nitro benzene ring substituents is 1. The summed E-state index contributed by atoms with van der Waals surface area (Å²) in [5, 5.41) is 14.3. The number of hydrogen-bond acceptors (Lipinski definition) is 6. The van der Waals surface area contributed by atoms with Crippen LogP contribution in [0.25, 0.3) is 10.9 Å². The van der Waals surface area contributed by atoms with E-state index in [0.29, 0.717) is 35.4 Å². The molecule has 4 rings (SSSR count). The van der Waals surface area contributed by atoms with Gasteiger partial charge in [0.05, 0.1) is 9.82 Å². The molecule has 1 aliphatic rings. The van der Waals surface area contributed by atoms with Gasteiger partial charge in [-0.1, -0.05) is 6.42 Å². The van der Waals surface area contributed by atoms with Crippen molar-refractivity contribution in [1.29, 1.82) is 0 Å². The van der Waals surface area contributed by atoms with E-state index in [1.807, 2.05) is 0 Å². The Hall–Kier alpha value is -3.73. The molecule has 10 nitrogen and oxygen atoms in total. The minimum Gasteiger partial charge on any atom is -0.338 e. The predicted octanol–water partition coefficient (Wildman–Crippen LogP) is 3.44. The number of rotatable bonds is 6. The van der Waals surface area contributed by atoms with Gasteiger partial charge in [-0.05, 0) is 49.2 Å². The van der Waals surface area contributed by atoms with Crippen LogP contribution in [0.4, 0.5) is 11.4 Å². The summed E-state index contributed by atoms with van der Waals surface area (Å²) in [5.41, 5.74) is 1.14. The lowest BCUT2D eigenvalue weighted by molar-refractivity contribution is -0.384. The molecule has 0 unspecified atom stereocenters. The number of aliphatic imine (C=N–C) groups is 1. The fraction of sp³-hybridized carbons (Fsp3) is 0.273. The van der Waals surface area contributed by atoms with Gasteiger partial charge in [0.1, 0.15) is 12.4 Å². The Balaban J connectivity index is 1.40. The van der Waals surface area contributed by atoms with Crippen LogP contribution in [0.1, 0.15) is 25.7 Å². The standard InChI is InChI=1S/C22H23N5O5S/c28-22(15-26-13-11-16-14-18(27(29)30)7-10-20(16)26)24-17-5-8-19(9-6-17)33(31,32)25-21-4-2-1-3-12-23-21/h5-11,13-14H,1-4,12,15H2,(H,23,25)(H,24,28). The van der Waals surface area contributed by atoms with Gasteiger partial charge in [-0.3, -0.25) is 24.6 Å². The molecule has 33 heavy (non-hydrogen) atoms. The first-order valence-corrected chi connectivity index (χ1v) is 12.0. The van der Waals surface area contributed by atoms with Crippen molar-refractivity contribution in [3.8, 4) is 0 Å². The van der Waals surface area contributed by atoms with Crippen LogP contribution in [-0.2, 0) is 21.4 Å². The minimum absolute atomic E-state index is 0.00272. The van der Waals surface area contributed by atoms with Gasteiger partial charge in [-0.2, -0.15) is 0 Å². The van der Waals surface area contributed by atoms with Crippen LogP contribution < -0.4 is 10.0 Å². The van der Waals surface area contributed by atoms with Crippen LogP contribution in [0.2, 0.25) is 0 Å². The first-order valence-electron chi connectivity index (χ1n) is 10.5. The summed E-state index contributed by atoms with van der Waals surface area (Å²) >= 11 is 0. The number of amidine groups is 1. The van der Waals surface area contributed by atoms with Gasteiger partial charge in [-0.15, -0.1) is 0 Å². The van der Waals surface area contributed by atoms with E-state index in [-0.39, 0.29) is 23.0 Å². The molecule has 0 fully saturated rings. The molecular formula is C22H23N5O5S. The molecule has 0 spiro atoms. The molecule has 1 aliphatic heterocycles. The Bertz CT molecular complexity index is 1330. The SMILES string of the molecule is O=C(Cn1ccc2cc([N+](=O)[O-])ccc21)Nc1ccc(S(=O)(=O)NC2=NCCCCC2)cc1. The number of nitrogens with one attached hydrogen (secondary N) is 2. The average Bonchev–Trinajstić information content (AvgIpc) is 2.99. The Morgan fingerprint density at radius 3 is 2.64 bits per heavy atom. The lowest BCUT2D eigenvalue weighted by Gasteiger charge is -2.11. The van der Waals surface area contributed by atoms with Gasteiger partial charge in [-0.25, -0.2) is 8.42 Å². The number of hydrogen-bond donors (Lipinski definition) is 2. The molecule has 0 radical (unpaired) electrons. The van der Waals surface area contributed by atoms with Crippen LogP contribution in [0, 0.1) is 10.1 Å². The third-order valence-corrected chi connectivity index (χ3v) is 6.75. The average molecular weight is 470 g/mol. The summed E-state index contributed by atoms with van der Waals surface area (Å²) in [7, 11) is -3.74. The Kier molecular flexibility index (Phi) is 6.40. The molecule has 0 saturated carbocycles. The van der Waals surface area contributed by atoms with Crippen LogP contribution >= 0.6 is 0 Å². The second-order valence-electron chi connectivity index (χ2n) is 7.76. The van der Waals surface area contributed by atoms with Gasteiger partial charge in [0.2, 0.25) is 5.91 Å². The number of sulfonamides is 1. The van der Waals surface area contributed by atoms with Gasteiger partial charge >= 0.3 is 0 Å². The van der Waals surface area contributed by atoms with Crippen molar-refractivity contribution in [3.05, 3.63) is 64.8 Å². The topological polar surface area (TPSA) is 136 Å². The lowest BCUT2D eigenvalue weighted by Crippen LogP contribution is -2.30. The number of non-ortho nitro benzene ring substituents is 1. The number of carbonyl (C=O) groups excluding carboxylic acids is 1. The van der Waals surface area contributed by atoms with Crippen LogP contribution in [0.3, 0.4) is 0 Å². The highest BCUT2D eigenvalue weighted by Gasteiger charge is 2.17. The summed E-state index contributed by atoms with van der Waals surface area (Å²) in [6.07, 6.45) is 5.18. The predicted molar refractivity (Wildman–Crippen MR) is 125 cm³/mol. The number of amides is 1. The first kappa shape index (κ1) is 22.5. The molecular weight excluding hydrogens is 446 g/mol. The monoisotopic (exact) mass is 469 g/mol. The molecule has 11 heteroatoms. The van der Waals surface area contributed by atoms with Crippen molar-refractivity contribution in [3.63, 3.8) is 0 Å². The zero-order valence-corrected chi connectivity index (χ0v) is 18.5. The maximum atomic E-state index is 12.6. The highest BCUT2D eigenvalue weighted by Crippen LogP contribution is 2.22. The largest absolute Gasteiger partial charge is 0.338 e. The molecule has 2 N–H and O–H groups in total. The Morgan fingerprint density at radius 1 is 1.09 bits per heavy atom. The van der Waals surface area contributed by atoms with Gasteiger partial charge in [0.25, 0.3) is 15.7 Å². The molecule has 0 atom stereocenters. The van der Waals surface area contributed by atoms with E-state index in [0.717, 1.165) is 19.3 Å². The van der Waals surface area contributed by atoms with Crippen molar-refractivity contribution in [2.75, 3.05) is 11.9 Å². The molecule has 0 bridgehead atoms. The van der Waals surface area contributed by atoms with E-state index in [2.05, 4.69) is 15.0 Å². The molecule has 0 saturated heterocycles. The molecule has 172 valence electrons. The van der Waals surface area contributed by atoms with Crippen molar-refractivity contribution >= 4 is 44.0 Å². The third-order valence-electron chi connectivity index (χ3n) is 5.35. The molecule has 0 aliphatic carbocycles. The van der Waals surface area contributed by atoms with Crippen LogP contribution in [0.15, 0.2) is 64.6 Å². The fourth-order valence-corrected chi connectivity index (χ4v) is 4.77. The molecule has 1 aromatic heterocycles. The maximum Gasteiger partial charge on any atom is 0.270 e. The summed E-state index contributed by atoms with van der Waals surface area (Å²) in [6, 6.07) is 12.1. The first-order chi connectivity index (χ1) is 15.8. The van der Waals surface area contributed by atoms with Crippen molar-refractivity contribution in [2.45, 2.75) is 37.1 Å². The number of nitrogens with zero attached hydrogens (tertiary/aromatic N) is 3. The number of nitro groups is 1. The summed E-state index contributed by atoms with van der Waals surface area (Å²) in [6.45, 7) is 0.624. The van der Waals surface area contributed by atoms with E-state index in [1.54, 1.807) is 22.9 Å². The normalized spacial score (nSPS) is 14.4. The highest BCUT2D eigenvalue weighted by molar-refractivity contribution is 7.90.